The van der Waals surface area contributed by atoms with Gasteiger partial charge in [-0.05, 0) is 73.6 Å². The minimum Gasteiger partial charge on any atom is -0.373 e. The highest BCUT2D eigenvalue weighted by atomic mass is 19.2. The van der Waals surface area contributed by atoms with Gasteiger partial charge >= 0.3 is 0 Å². The van der Waals surface area contributed by atoms with E-state index in [0.717, 1.165) is 56.1 Å². The molecule has 1 nitrogen and oxygen atoms in total. The number of ether oxygens (including phenoxy) is 1. The van der Waals surface area contributed by atoms with Gasteiger partial charge in [0.25, 0.3) is 0 Å². The van der Waals surface area contributed by atoms with E-state index >= 15 is 0 Å². The number of aryl methyl sites for hydroxylation is 2. The summed E-state index contributed by atoms with van der Waals surface area (Å²) in [6, 6.07) is 8.91. The van der Waals surface area contributed by atoms with Crippen LogP contribution in [0.25, 0.3) is 0 Å². The normalized spacial score (nSPS) is 19.5. The number of unbranched alkanes of at least 4 members (excludes halogenated alkanes) is 1. The number of rotatable bonds is 8. The van der Waals surface area contributed by atoms with Crippen molar-refractivity contribution in [3.05, 3.63) is 70.0 Å². The first-order valence-electron chi connectivity index (χ1n) is 10.9. The van der Waals surface area contributed by atoms with Crippen molar-refractivity contribution in [1.82, 2.24) is 0 Å². The van der Waals surface area contributed by atoms with Crippen LogP contribution in [0, 0.1) is 17.5 Å². The van der Waals surface area contributed by atoms with Crippen molar-refractivity contribution < 1.29 is 17.9 Å². The highest BCUT2D eigenvalue weighted by molar-refractivity contribution is 5.28. The highest BCUT2D eigenvalue weighted by Crippen LogP contribution is 2.36. The van der Waals surface area contributed by atoms with Gasteiger partial charge in [-0.3, -0.25) is 0 Å². The van der Waals surface area contributed by atoms with Gasteiger partial charge in [-0.2, -0.15) is 0 Å². The van der Waals surface area contributed by atoms with E-state index < -0.39 is 11.6 Å². The Hall–Kier alpha value is -1.81. The maximum absolute atomic E-state index is 14.6. The second kappa shape index (κ2) is 10.3. The number of hydrogen-bond donors (Lipinski definition) is 0. The molecule has 1 fully saturated rings. The Balaban J connectivity index is 1.53. The van der Waals surface area contributed by atoms with Crippen LogP contribution in [0.5, 0.6) is 0 Å². The third-order valence-corrected chi connectivity index (χ3v) is 6.10. The topological polar surface area (TPSA) is 9.23 Å². The molecule has 0 heterocycles. The molecule has 0 bridgehead atoms. The molecule has 0 N–H and O–H groups in total. The lowest BCUT2D eigenvalue weighted by molar-refractivity contribution is 0.0116. The van der Waals surface area contributed by atoms with Crippen LogP contribution in [0.2, 0.25) is 0 Å². The summed E-state index contributed by atoms with van der Waals surface area (Å²) in [5, 5.41) is 0. The minimum atomic E-state index is -0.803. The second-order valence-electron chi connectivity index (χ2n) is 8.11. The molecule has 0 saturated heterocycles. The zero-order valence-corrected chi connectivity index (χ0v) is 17.4. The van der Waals surface area contributed by atoms with Crippen LogP contribution in [0.1, 0.15) is 80.5 Å². The van der Waals surface area contributed by atoms with Gasteiger partial charge in [-0.25, -0.2) is 13.2 Å². The molecule has 0 radical (unpaired) electrons. The van der Waals surface area contributed by atoms with Crippen molar-refractivity contribution >= 4 is 0 Å². The summed E-state index contributed by atoms with van der Waals surface area (Å²) in [7, 11) is 0. The van der Waals surface area contributed by atoms with E-state index in [2.05, 4.69) is 6.92 Å². The maximum atomic E-state index is 14.6. The summed E-state index contributed by atoms with van der Waals surface area (Å²) >= 11 is 0. The molecule has 1 saturated carbocycles. The van der Waals surface area contributed by atoms with Gasteiger partial charge in [0.15, 0.2) is 11.6 Å². The van der Waals surface area contributed by atoms with Crippen LogP contribution in [0.3, 0.4) is 0 Å². The van der Waals surface area contributed by atoms with Crippen molar-refractivity contribution in [3.8, 4) is 0 Å². The lowest BCUT2D eigenvalue weighted by Crippen LogP contribution is -2.21. The lowest BCUT2D eigenvalue weighted by Gasteiger charge is -2.29. The highest BCUT2D eigenvalue weighted by Gasteiger charge is 2.25. The standard InChI is InChI=1S/C25H31F3O/c1-3-5-6-17-7-14-22(23(26)15-17)19-10-12-21(13-11-19)29-16-20-9-8-18(4-2)24(27)25(20)28/h7-9,14-15,19,21H,3-6,10-13,16H2,1-2H3. The van der Waals surface area contributed by atoms with Crippen LogP contribution >= 0.6 is 0 Å². The van der Waals surface area contributed by atoms with Gasteiger partial charge < -0.3 is 4.74 Å². The average Bonchev–Trinajstić information content (AvgIpc) is 2.74. The van der Waals surface area contributed by atoms with Crippen molar-refractivity contribution in [2.75, 3.05) is 0 Å². The van der Waals surface area contributed by atoms with E-state index in [1.807, 2.05) is 12.1 Å². The molecule has 2 aromatic rings. The van der Waals surface area contributed by atoms with E-state index in [1.165, 1.54) is 0 Å². The van der Waals surface area contributed by atoms with Crippen LogP contribution in [-0.2, 0) is 24.2 Å². The molecule has 158 valence electrons. The Kier molecular flexibility index (Phi) is 7.77. The van der Waals surface area contributed by atoms with Gasteiger partial charge in [-0.15, -0.1) is 0 Å². The monoisotopic (exact) mass is 404 g/mol. The zero-order chi connectivity index (χ0) is 20.8. The van der Waals surface area contributed by atoms with Gasteiger partial charge in [0.2, 0.25) is 0 Å². The summed E-state index contributed by atoms with van der Waals surface area (Å²) in [5.74, 6) is -1.47. The summed E-state index contributed by atoms with van der Waals surface area (Å²) in [6.07, 6.45) is 6.88. The Labute approximate surface area is 172 Å². The van der Waals surface area contributed by atoms with Gasteiger partial charge in [0, 0.05) is 5.56 Å². The van der Waals surface area contributed by atoms with E-state index in [4.69, 9.17) is 4.74 Å². The first kappa shape index (κ1) is 21.9. The molecule has 2 aromatic carbocycles. The van der Waals surface area contributed by atoms with Crippen molar-refractivity contribution in [1.29, 1.82) is 0 Å². The molecule has 0 aromatic heterocycles. The summed E-state index contributed by atoms with van der Waals surface area (Å²) in [4.78, 5) is 0. The van der Waals surface area contributed by atoms with Crippen molar-refractivity contribution in [2.24, 2.45) is 0 Å². The van der Waals surface area contributed by atoms with Crippen LogP contribution in [0.15, 0.2) is 30.3 Å². The van der Waals surface area contributed by atoms with E-state index in [1.54, 1.807) is 25.1 Å². The molecule has 0 atom stereocenters. The van der Waals surface area contributed by atoms with Crippen molar-refractivity contribution in [2.45, 2.75) is 83.8 Å². The molecule has 1 aliphatic carbocycles. The average molecular weight is 405 g/mol. The molecule has 4 heteroatoms. The van der Waals surface area contributed by atoms with Gasteiger partial charge in [0.1, 0.15) is 5.82 Å². The predicted octanol–water partition coefficient (Wildman–Crippen LogP) is 7.25. The molecule has 0 amide bonds. The van der Waals surface area contributed by atoms with E-state index in [0.29, 0.717) is 12.0 Å². The second-order valence-corrected chi connectivity index (χ2v) is 8.11. The molecular formula is C25H31F3O. The quantitative estimate of drug-likeness (QED) is 0.450. The Bertz CT molecular complexity index is 810. The van der Waals surface area contributed by atoms with Crippen LogP contribution in [0.4, 0.5) is 13.2 Å². The van der Waals surface area contributed by atoms with E-state index in [9.17, 15) is 13.2 Å². The zero-order valence-electron chi connectivity index (χ0n) is 17.4. The lowest BCUT2D eigenvalue weighted by atomic mass is 9.82. The number of hydrogen-bond acceptors (Lipinski definition) is 1. The Morgan fingerprint density at radius 3 is 2.24 bits per heavy atom. The first-order chi connectivity index (χ1) is 14.0. The van der Waals surface area contributed by atoms with Crippen molar-refractivity contribution in [3.63, 3.8) is 0 Å². The van der Waals surface area contributed by atoms with Crippen LogP contribution < -0.4 is 0 Å². The fourth-order valence-corrected chi connectivity index (χ4v) is 4.20. The Morgan fingerprint density at radius 1 is 0.897 bits per heavy atom. The maximum Gasteiger partial charge on any atom is 0.164 e. The summed E-state index contributed by atoms with van der Waals surface area (Å²) in [5.41, 5.74) is 2.51. The third-order valence-electron chi connectivity index (χ3n) is 6.10. The SMILES string of the molecule is CCCCc1ccc(C2CCC(OCc3ccc(CC)c(F)c3F)CC2)c(F)c1. The summed E-state index contributed by atoms with van der Waals surface area (Å²) < 4.78 is 48.5. The fraction of sp³-hybridized carbons (Fsp3) is 0.520. The molecule has 0 unspecified atom stereocenters. The van der Waals surface area contributed by atoms with E-state index in [-0.39, 0.29) is 30.0 Å². The van der Waals surface area contributed by atoms with Crippen LogP contribution in [-0.4, -0.2) is 6.10 Å². The van der Waals surface area contributed by atoms with Gasteiger partial charge in [-0.1, -0.05) is 44.5 Å². The first-order valence-corrected chi connectivity index (χ1v) is 10.9. The smallest absolute Gasteiger partial charge is 0.164 e. The molecule has 3 rings (SSSR count). The summed E-state index contributed by atoms with van der Waals surface area (Å²) in [6.45, 7) is 4.01. The largest absolute Gasteiger partial charge is 0.373 e. The number of benzene rings is 2. The third kappa shape index (κ3) is 5.42. The molecule has 0 aliphatic heterocycles. The molecule has 29 heavy (non-hydrogen) atoms. The Morgan fingerprint density at radius 2 is 1.59 bits per heavy atom. The molecule has 0 spiro atoms. The molecule has 1 aliphatic rings. The fourth-order valence-electron chi connectivity index (χ4n) is 4.20. The minimum absolute atomic E-state index is 0.00597. The molecular weight excluding hydrogens is 373 g/mol. The predicted molar refractivity (Wildman–Crippen MR) is 111 cm³/mol. The number of halogens is 3. The van der Waals surface area contributed by atoms with Gasteiger partial charge in [0.05, 0.1) is 12.7 Å².